The number of imidazole rings is 1. The third kappa shape index (κ3) is 6.58. The van der Waals surface area contributed by atoms with E-state index in [1.165, 1.54) is 24.3 Å². The van der Waals surface area contributed by atoms with Gasteiger partial charge in [0, 0.05) is 60.1 Å². The lowest BCUT2D eigenvalue weighted by molar-refractivity contribution is -0.107. The van der Waals surface area contributed by atoms with Crippen molar-refractivity contribution in [2.24, 2.45) is 0 Å². The average molecular weight is 596 g/mol. The van der Waals surface area contributed by atoms with Crippen LogP contribution >= 0.6 is 7.92 Å². The van der Waals surface area contributed by atoms with E-state index in [0.29, 0.717) is 34.9 Å². The van der Waals surface area contributed by atoms with Crippen LogP contribution in [0.2, 0.25) is 0 Å². The highest BCUT2D eigenvalue weighted by molar-refractivity contribution is 7.55. The second kappa shape index (κ2) is 13.8. The van der Waals surface area contributed by atoms with Crippen molar-refractivity contribution in [1.82, 2.24) is 15.0 Å². The smallest absolute Gasteiger partial charge is 0.168 e. The number of aldehydes is 1. The monoisotopic (exact) mass is 595 g/mol. The summed E-state index contributed by atoms with van der Waals surface area (Å²) < 4.78 is 51.4. The Morgan fingerprint density at radius 3 is 2.60 bits per heavy atom. The molecule has 5 rings (SSSR count). The molecule has 0 saturated heterocycles. The van der Waals surface area contributed by atoms with E-state index in [2.05, 4.69) is 28.3 Å². The van der Waals surface area contributed by atoms with Gasteiger partial charge in [-0.3, -0.25) is 0 Å². The van der Waals surface area contributed by atoms with Gasteiger partial charge in [-0.15, -0.1) is 7.92 Å². The van der Waals surface area contributed by atoms with Gasteiger partial charge in [-0.1, -0.05) is 25.1 Å². The van der Waals surface area contributed by atoms with Crippen molar-refractivity contribution >= 4 is 25.1 Å². The van der Waals surface area contributed by atoms with E-state index in [-0.39, 0.29) is 35.1 Å². The van der Waals surface area contributed by atoms with Crippen molar-refractivity contribution < 1.29 is 27.8 Å². The van der Waals surface area contributed by atoms with Gasteiger partial charge in [0.1, 0.15) is 29.5 Å². The fourth-order valence-corrected chi connectivity index (χ4v) is 5.82. The predicted molar refractivity (Wildman–Crippen MR) is 161 cm³/mol. The number of nitrogens with zero attached hydrogens (tertiary/aromatic N) is 1. The Hall–Kier alpha value is -3.94. The number of aliphatic hydroxyl groups is 1. The van der Waals surface area contributed by atoms with E-state index < -0.39 is 25.5 Å². The molecule has 6 nitrogen and oxygen atoms in total. The zero-order chi connectivity index (χ0) is 30.4. The number of aromatic nitrogens is 3. The van der Waals surface area contributed by atoms with E-state index in [1.54, 1.807) is 30.6 Å². The van der Waals surface area contributed by atoms with Crippen LogP contribution in [0.4, 0.5) is 13.2 Å². The number of aliphatic hydroxyl groups excluding tert-OH is 1. The van der Waals surface area contributed by atoms with Gasteiger partial charge in [-0.05, 0) is 61.3 Å². The van der Waals surface area contributed by atoms with E-state index >= 15 is 8.78 Å². The van der Waals surface area contributed by atoms with Gasteiger partial charge in [0.2, 0.25) is 0 Å². The van der Waals surface area contributed by atoms with Gasteiger partial charge in [0.05, 0.1) is 5.56 Å². The first-order valence-electron chi connectivity index (χ1n) is 13.4. The van der Waals surface area contributed by atoms with Crippen molar-refractivity contribution in [2.75, 3.05) is 20.4 Å². The van der Waals surface area contributed by atoms with Crippen LogP contribution in [-0.2, 0) is 17.4 Å². The number of carbonyl (C=O) groups is 1. The molecule has 220 valence electrons. The Bertz CT molecular complexity index is 1680. The van der Waals surface area contributed by atoms with Crippen molar-refractivity contribution in [2.45, 2.75) is 31.8 Å². The van der Waals surface area contributed by atoms with Crippen LogP contribution in [0.1, 0.15) is 41.6 Å². The zero-order valence-electron chi connectivity index (χ0n) is 23.8. The third-order valence-electron chi connectivity index (χ3n) is 6.92. The molecule has 0 amide bonds. The number of hydrogen-bond acceptors (Lipinski definition) is 4. The summed E-state index contributed by atoms with van der Waals surface area (Å²) in [6.07, 6.45) is 5.30. The van der Waals surface area contributed by atoms with Gasteiger partial charge >= 0.3 is 0 Å². The Balaban J connectivity index is 0.00000198. The fraction of sp³-hybridized carbons (Fsp3) is 0.250. The molecule has 0 bridgehead atoms. The van der Waals surface area contributed by atoms with Gasteiger partial charge < -0.3 is 24.6 Å². The SMILES string of the molecule is CC(c1cnc(-c2cc(Oc3c(F)cc4[nH]ccc4c3CP(C)C)ccc2F)[nH]1)c1cccc(CCC=O)c1F.CO. The minimum Gasteiger partial charge on any atom is -0.454 e. The van der Waals surface area contributed by atoms with Gasteiger partial charge in [-0.2, -0.15) is 0 Å². The lowest BCUT2D eigenvalue weighted by atomic mass is 9.94. The molecule has 2 heterocycles. The molecule has 1 unspecified atom stereocenters. The molecule has 0 aliphatic rings. The van der Waals surface area contributed by atoms with E-state index in [0.717, 1.165) is 24.3 Å². The summed E-state index contributed by atoms with van der Waals surface area (Å²) in [4.78, 5) is 21.3. The molecular formula is C32H33F3N3O3P. The fourth-order valence-electron chi connectivity index (χ4n) is 4.88. The molecule has 0 radical (unpaired) electrons. The van der Waals surface area contributed by atoms with Crippen molar-refractivity contribution in [3.8, 4) is 22.9 Å². The first-order chi connectivity index (χ1) is 20.3. The largest absolute Gasteiger partial charge is 0.454 e. The zero-order valence-corrected chi connectivity index (χ0v) is 24.7. The number of nitrogens with one attached hydrogen (secondary N) is 2. The summed E-state index contributed by atoms with van der Waals surface area (Å²) in [7, 11) is 0.610. The van der Waals surface area contributed by atoms with Gasteiger partial charge in [0.25, 0.3) is 0 Å². The number of hydrogen-bond donors (Lipinski definition) is 3. The van der Waals surface area contributed by atoms with Crippen LogP contribution < -0.4 is 4.74 Å². The summed E-state index contributed by atoms with van der Waals surface area (Å²) in [6.45, 7) is 6.05. The number of carbonyl (C=O) groups excluding carboxylic acids is 1. The Labute approximate surface area is 243 Å². The van der Waals surface area contributed by atoms with Crippen molar-refractivity contribution in [1.29, 1.82) is 0 Å². The van der Waals surface area contributed by atoms with E-state index in [4.69, 9.17) is 9.84 Å². The quantitative estimate of drug-likeness (QED) is 0.113. The molecule has 0 fully saturated rings. The lowest BCUT2D eigenvalue weighted by Gasteiger charge is -2.16. The van der Waals surface area contributed by atoms with Crippen LogP contribution in [0.3, 0.4) is 0 Å². The molecule has 0 spiro atoms. The van der Waals surface area contributed by atoms with Crippen LogP contribution in [0, 0.1) is 17.5 Å². The van der Waals surface area contributed by atoms with Crippen LogP contribution in [0.5, 0.6) is 11.5 Å². The molecule has 0 aliphatic heterocycles. The normalized spacial score (nSPS) is 11.8. The second-order valence-corrected chi connectivity index (χ2v) is 12.5. The van der Waals surface area contributed by atoms with Gasteiger partial charge in [0.15, 0.2) is 11.6 Å². The summed E-state index contributed by atoms with van der Waals surface area (Å²) >= 11 is 0. The molecule has 2 aromatic heterocycles. The Morgan fingerprint density at radius 1 is 1.07 bits per heavy atom. The summed E-state index contributed by atoms with van der Waals surface area (Å²) in [6, 6.07) is 12.6. The molecular weight excluding hydrogens is 562 g/mol. The first-order valence-corrected chi connectivity index (χ1v) is 15.8. The van der Waals surface area contributed by atoms with Crippen molar-refractivity contribution in [3.05, 3.63) is 101 Å². The number of halogens is 3. The molecule has 5 aromatic rings. The average Bonchev–Trinajstić information content (AvgIpc) is 3.66. The molecule has 0 aliphatic carbocycles. The maximum Gasteiger partial charge on any atom is 0.168 e. The molecule has 3 aromatic carbocycles. The predicted octanol–water partition coefficient (Wildman–Crippen LogP) is 7.90. The number of aryl methyl sites for hydroxylation is 1. The van der Waals surface area contributed by atoms with Crippen LogP contribution in [0.15, 0.2) is 60.9 Å². The van der Waals surface area contributed by atoms with Crippen LogP contribution in [0.25, 0.3) is 22.3 Å². The second-order valence-electron chi connectivity index (χ2n) is 10.0. The first kappa shape index (κ1) is 31.0. The maximum atomic E-state index is 15.2. The lowest BCUT2D eigenvalue weighted by Crippen LogP contribution is -2.03. The standard InChI is InChI=1S/C31H29F3N3O2P.CH4O/c1-18(21-8-4-6-19(29(21)34)7-5-13-38)28-16-36-31(37-28)23-14-20(9-10-25(23)32)39-30-24(17-40(2)3)22-11-12-35-27(22)15-26(30)33;1-2/h4,6,8-16,18,35H,5,7,17H2,1-3H3,(H,36,37);2H,1H3. The molecule has 3 N–H and O–H groups in total. The Morgan fingerprint density at radius 2 is 1.86 bits per heavy atom. The summed E-state index contributed by atoms with van der Waals surface area (Å²) in [5.74, 6) is -1.16. The highest BCUT2D eigenvalue weighted by Gasteiger charge is 2.21. The minimum atomic E-state index is -0.532. The summed E-state index contributed by atoms with van der Waals surface area (Å²) in [5, 5.41) is 7.89. The number of aromatic amines is 2. The topological polar surface area (TPSA) is 91.0 Å². The number of benzene rings is 3. The van der Waals surface area contributed by atoms with Crippen LogP contribution in [-0.4, -0.2) is 46.8 Å². The highest BCUT2D eigenvalue weighted by Crippen LogP contribution is 2.42. The van der Waals surface area contributed by atoms with E-state index in [1.807, 2.05) is 13.0 Å². The Kier molecular flexibility index (Phi) is 10.2. The number of ether oxygens (including phenoxy) is 1. The van der Waals surface area contributed by atoms with Gasteiger partial charge in [-0.25, -0.2) is 18.2 Å². The summed E-state index contributed by atoms with van der Waals surface area (Å²) in [5.41, 5.74) is 3.12. The maximum absolute atomic E-state index is 15.2. The third-order valence-corrected chi connectivity index (χ3v) is 7.87. The highest BCUT2D eigenvalue weighted by atomic mass is 31.1. The van der Waals surface area contributed by atoms with E-state index in [9.17, 15) is 9.18 Å². The molecule has 42 heavy (non-hydrogen) atoms. The molecule has 1 atom stereocenters. The molecule has 0 saturated carbocycles. The number of fused-ring (bicyclic) bond motifs is 1. The number of H-pyrrole nitrogens is 2. The van der Waals surface area contributed by atoms with Crippen molar-refractivity contribution in [3.63, 3.8) is 0 Å². The molecule has 10 heteroatoms. The number of rotatable bonds is 10. The minimum absolute atomic E-state index is 0.125.